The number of unbranched alkanes of at least 4 members (excludes halogenated alkanes) is 1. The number of carbonyl (C=O) groups excluding carboxylic acids is 1. The molecule has 3 aromatic rings. The van der Waals surface area contributed by atoms with Gasteiger partial charge in [0.15, 0.2) is 5.82 Å². The van der Waals surface area contributed by atoms with Crippen LogP contribution in [0, 0.1) is 5.82 Å². The number of carbonyl (C=O) groups is 1. The number of nitrogens with zero attached hydrogens (tertiary/aromatic N) is 2. The van der Waals surface area contributed by atoms with Crippen molar-refractivity contribution in [2.24, 2.45) is 0 Å². The number of H-pyrrole nitrogens is 1. The Morgan fingerprint density at radius 1 is 1.17 bits per heavy atom. The van der Waals surface area contributed by atoms with Crippen molar-refractivity contribution in [2.45, 2.75) is 32.3 Å². The molecule has 1 amide bonds. The van der Waals surface area contributed by atoms with Gasteiger partial charge in [0.2, 0.25) is 0 Å². The van der Waals surface area contributed by atoms with Gasteiger partial charge in [-0.15, -0.1) is 0 Å². The fourth-order valence-electron chi connectivity index (χ4n) is 4.20. The summed E-state index contributed by atoms with van der Waals surface area (Å²) in [6, 6.07) is 7.84. The lowest BCUT2D eigenvalue weighted by molar-refractivity contribution is 0.0141. The molecular formula is C26H28FN3O6. The van der Waals surface area contributed by atoms with E-state index in [0.717, 1.165) is 12.8 Å². The number of pyridine rings is 2. The molecule has 0 saturated carbocycles. The Kier molecular flexibility index (Phi) is 7.42. The number of methoxy groups -OCH3 is 2. The fourth-order valence-corrected chi connectivity index (χ4v) is 4.20. The molecule has 1 aromatic carbocycles. The number of ether oxygens (including phenoxy) is 3. The van der Waals surface area contributed by atoms with Crippen LogP contribution in [0.4, 0.5) is 4.39 Å². The SMILES string of the molecule is CCCCc1[nH]c(=O)c(C(=O)N2CC(Oc3ncccc3F)C2)c(O)c1-c1c(OC)cccc1OC. The van der Waals surface area contributed by atoms with E-state index in [0.29, 0.717) is 29.2 Å². The summed E-state index contributed by atoms with van der Waals surface area (Å²) in [6.45, 7) is 2.23. The number of likely N-dealkylation sites (tertiary alicyclic amines) is 1. The zero-order valence-electron chi connectivity index (χ0n) is 20.3. The van der Waals surface area contributed by atoms with Crippen molar-refractivity contribution in [2.75, 3.05) is 27.3 Å². The highest BCUT2D eigenvalue weighted by atomic mass is 19.1. The number of halogens is 1. The minimum absolute atomic E-state index is 0.110. The van der Waals surface area contributed by atoms with Crippen LogP contribution in [0.25, 0.3) is 11.1 Å². The highest BCUT2D eigenvalue weighted by Crippen LogP contribution is 2.45. The van der Waals surface area contributed by atoms with Gasteiger partial charge in [-0.25, -0.2) is 9.37 Å². The number of nitrogens with one attached hydrogen (secondary N) is 1. The molecule has 0 spiro atoms. The molecule has 2 aromatic heterocycles. The summed E-state index contributed by atoms with van der Waals surface area (Å²) in [5, 5.41) is 11.4. The molecule has 0 unspecified atom stereocenters. The van der Waals surface area contributed by atoms with Crippen LogP contribution in [-0.2, 0) is 6.42 Å². The second-order valence-corrected chi connectivity index (χ2v) is 8.41. The number of aromatic hydroxyl groups is 1. The lowest BCUT2D eigenvalue weighted by Crippen LogP contribution is -2.57. The first-order valence-corrected chi connectivity index (χ1v) is 11.6. The number of hydrogen-bond acceptors (Lipinski definition) is 7. The summed E-state index contributed by atoms with van der Waals surface area (Å²) < 4.78 is 30.4. The smallest absolute Gasteiger partial charge is 0.264 e. The Hall–Kier alpha value is -4.08. The molecule has 3 heterocycles. The van der Waals surface area contributed by atoms with Crippen LogP contribution in [0.2, 0.25) is 0 Å². The minimum atomic E-state index is -0.693. The minimum Gasteiger partial charge on any atom is -0.506 e. The topological polar surface area (TPSA) is 114 Å². The molecule has 4 rings (SSSR count). The molecule has 0 radical (unpaired) electrons. The molecule has 0 atom stereocenters. The quantitative estimate of drug-likeness (QED) is 0.465. The van der Waals surface area contributed by atoms with Gasteiger partial charge < -0.3 is 29.2 Å². The maximum absolute atomic E-state index is 13.8. The second kappa shape index (κ2) is 10.7. The Morgan fingerprint density at radius 3 is 2.47 bits per heavy atom. The monoisotopic (exact) mass is 497 g/mol. The number of hydrogen-bond donors (Lipinski definition) is 2. The van der Waals surface area contributed by atoms with Gasteiger partial charge in [-0.1, -0.05) is 19.4 Å². The van der Waals surface area contributed by atoms with Gasteiger partial charge in [0, 0.05) is 11.9 Å². The summed E-state index contributed by atoms with van der Waals surface area (Å²) in [5.74, 6) is -1.02. The molecule has 1 fully saturated rings. The average Bonchev–Trinajstić information content (AvgIpc) is 2.85. The van der Waals surface area contributed by atoms with Crippen LogP contribution in [0.5, 0.6) is 23.1 Å². The van der Waals surface area contributed by atoms with E-state index in [1.807, 2.05) is 6.92 Å². The molecule has 190 valence electrons. The van der Waals surface area contributed by atoms with Crippen molar-refractivity contribution < 1.29 is 28.5 Å². The molecule has 36 heavy (non-hydrogen) atoms. The van der Waals surface area contributed by atoms with Crippen molar-refractivity contribution in [3.05, 3.63) is 64.0 Å². The van der Waals surface area contributed by atoms with Crippen LogP contribution in [-0.4, -0.2) is 59.3 Å². The summed E-state index contributed by atoms with van der Waals surface area (Å²) in [4.78, 5) is 34.3. The van der Waals surface area contributed by atoms with E-state index in [-0.39, 0.29) is 30.1 Å². The number of rotatable bonds is 9. The molecule has 1 aliphatic rings. The Labute approximate surface area is 207 Å². The van der Waals surface area contributed by atoms with Crippen molar-refractivity contribution in [3.8, 4) is 34.3 Å². The predicted molar refractivity (Wildman–Crippen MR) is 130 cm³/mol. The molecular weight excluding hydrogens is 469 g/mol. The average molecular weight is 498 g/mol. The maximum atomic E-state index is 13.8. The van der Waals surface area contributed by atoms with Crippen molar-refractivity contribution in [1.29, 1.82) is 0 Å². The zero-order chi connectivity index (χ0) is 25.8. The first-order chi connectivity index (χ1) is 17.4. The molecule has 0 bridgehead atoms. The number of aromatic nitrogens is 2. The first kappa shape index (κ1) is 25.0. The van der Waals surface area contributed by atoms with Gasteiger partial charge in [-0.2, -0.15) is 0 Å². The van der Waals surface area contributed by atoms with Gasteiger partial charge in [-0.05, 0) is 37.1 Å². The number of amides is 1. The molecule has 9 nitrogen and oxygen atoms in total. The van der Waals surface area contributed by atoms with E-state index in [1.165, 1.54) is 37.4 Å². The molecule has 1 aliphatic heterocycles. The van der Waals surface area contributed by atoms with E-state index >= 15 is 0 Å². The van der Waals surface area contributed by atoms with E-state index in [1.54, 1.807) is 18.2 Å². The third-order valence-electron chi connectivity index (χ3n) is 6.08. The zero-order valence-corrected chi connectivity index (χ0v) is 20.3. The van der Waals surface area contributed by atoms with Gasteiger partial charge in [0.05, 0.1) is 38.4 Å². The van der Waals surface area contributed by atoms with Crippen LogP contribution in [0.1, 0.15) is 35.8 Å². The lowest BCUT2D eigenvalue weighted by Gasteiger charge is -2.38. The van der Waals surface area contributed by atoms with Crippen LogP contribution in [0.3, 0.4) is 0 Å². The third kappa shape index (κ3) is 4.71. The van der Waals surface area contributed by atoms with E-state index in [2.05, 4.69) is 9.97 Å². The van der Waals surface area contributed by atoms with E-state index < -0.39 is 29.1 Å². The van der Waals surface area contributed by atoms with Crippen LogP contribution < -0.4 is 19.8 Å². The predicted octanol–water partition coefficient (Wildman–Crippen LogP) is 3.54. The van der Waals surface area contributed by atoms with Gasteiger partial charge in [0.1, 0.15) is 28.9 Å². The molecule has 1 saturated heterocycles. The normalized spacial score (nSPS) is 13.3. The Morgan fingerprint density at radius 2 is 1.86 bits per heavy atom. The number of aromatic amines is 1. The first-order valence-electron chi connectivity index (χ1n) is 11.6. The number of aryl methyl sites for hydroxylation is 1. The van der Waals surface area contributed by atoms with E-state index in [9.17, 15) is 19.1 Å². The highest BCUT2D eigenvalue weighted by molar-refractivity contribution is 6.00. The summed E-state index contributed by atoms with van der Waals surface area (Å²) in [5.41, 5.74) is 0.118. The van der Waals surface area contributed by atoms with Crippen molar-refractivity contribution in [3.63, 3.8) is 0 Å². The maximum Gasteiger partial charge on any atom is 0.264 e. The summed E-state index contributed by atoms with van der Waals surface area (Å²) >= 11 is 0. The van der Waals surface area contributed by atoms with Gasteiger partial charge in [-0.3, -0.25) is 9.59 Å². The van der Waals surface area contributed by atoms with Gasteiger partial charge in [0.25, 0.3) is 17.3 Å². The summed E-state index contributed by atoms with van der Waals surface area (Å²) in [7, 11) is 2.98. The second-order valence-electron chi connectivity index (χ2n) is 8.41. The van der Waals surface area contributed by atoms with Crippen molar-refractivity contribution >= 4 is 5.91 Å². The Balaban J connectivity index is 1.70. The van der Waals surface area contributed by atoms with Crippen LogP contribution in [0.15, 0.2) is 41.3 Å². The fraction of sp³-hybridized carbons (Fsp3) is 0.346. The standard InChI is InChI=1S/C26H28FN3O6/c1-4-5-9-17-20(21-18(34-2)10-6-11-19(21)35-3)23(31)22(24(32)29-17)26(33)30-13-15(14-30)36-25-16(27)8-7-12-28-25/h6-8,10-12,15H,4-5,9,13-14H2,1-3H3,(H2,29,31,32). The summed E-state index contributed by atoms with van der Waals surface area (Å²) in [6.07, 6.45) is 3.00. The molecule has 10 heteroatoms. The van der Waals surface area contributed by atoms with Crippen molar-refractivity contribution in [1.82, 2.24) is 14.9 Å². The number of benzene rings is 1. The Bertz CT molecular complexity index is 1300. The third-order valence-corrected chi connectivity index (χ3v) is 6.08. The highest BCUT2D eigenvalue weighted by Gasteiger charge is 2.37. The largest absolute Gasteiger partial charge is 0.506 e. The molecule has 0 aliphatic carbocycles. The van der Waals surface area contributed by atoms with Crippen LogP contribution >= 0.6 is 0 Å². The van der Waals surface area contributed by atoms with E-state index in [4.69, 9.17) is 14.2 Å². The lowest BCUT2D eigenvalue weighted by atomic mass is 9.95. The molecule has 2 N–H and O–H groups in total. The van der Waals surface area contributed by atoms with Gasteiger partial charge >= 0.3 is 0 Å².